The fourth-order valence-corrected chi connectivity index (χ4v) is 1.36. The Kier molecular flexibility index (Phi) is 3.48. The van der Waals surface area contributed by atoms with Crippen molar-refractivity contribution in [1.29, 1.82) is 0 Å². The molecule has 0 amide bonds. The molecule has 1 aromatic heterocycles. The van der Waals surface area contributed by atoms with E-state index in [0.29, 0.717) is 5.92 Å². The van der Waals surface area contributed by atoms with Crippen LogP contribution in [-0.2, 0) is 19.9 Å². The Balaban J connectivity index is 2.70. The molecule has 0 aromatic carbocycles. The monoisotopic (exact) mass is 182 g/mol. The Bertz CT molecular complexity index is 268. The van der Waals surface area contributed by atoms with Crippen molar-refractivity contribution in [2.45, 2.75) is 26.7 Å². The molecule has 1 aromatic rings. The lowest BCUT2D eigenvalue weighted by atomic mass is 10.1. The fraction of sp³-hybridized carbons (Fsp3) is 0.700. The third-order valence-electron chi connectivity index (χ3n) is 2.26. The van der Waals surface area contributed by atoms with Gasteiger partial charge in [-0.3, -0.25) is 4.68 Å². The standard InChI is InChI=1S/C10H18N2O/c1-4-9-6-10(12(3)11-9)5-8(2)7-13/h6,8,13H,4-5,7H2,1-3H3. The van der Waals surface area contributed by atoms with Gasteiger partial charge in [-0.25, -0.2) is 0 Å². The third kappa shape index (κ3) is 2.56. The number of aryl methyl sites for hydroxylation is 2. The van der Waals surface area contributed by atoms with E-state index in [1.165, 1.54) is 5.69 Å². The largest absolute Gasteiger partial charge is 0.396 e. The number of aromatic nitrogens is 2. The quantitative estimate of drug-likeness (QED) is 0.758. The number of nitrogens with zero attached hydrogens (tertiary/aromatic N) is 2. The van der Waals surface area contributed by atoms with Crippen molar-refractivity contribution < 1.29 is 5.11 Å². The first-order chi connectivity index (χ1) is 6.17. The molecule has 0 spiro atoms. The molecule has 3 nitrogen and oxygen atoms in total. The zero-order chi connectivity index (χ0) is 9.84. The normalized spacial score (nSPS) is 13.2. The summed E-state index contributed by atoms with van der Waals surface area (Å²) in [5.41, 5.74) is 2.33. The minimum atomic E-state index is 0.243. The average Bonchev–Trinajstić information content (AvgIpc) is 2.47. The van der Waals surface area contributed by atoms with Crippen LogP contribution in [0.15, 0.2) is 6.07 Å². The van der Waals surface area contributed by atoms with Crippen molar-refractivity contribution in [3.8, 4) is 0 Å². The van der Waals surface area contributed by atoms with Crippen molar-refractivity contribution in [2.24, 2.45) is 13.0 Å². The Labute approximate surface area is 79.4 Å². The highest BCUT2D eigenvalue weighted by atomic mass is 16.3. The molecule has 0 radical (unpaired) electrons. The minimum absolute atomic E-state index is 0.243. The second-order valence-corrected chi connectivity index (χ2v) is 3.60. The first kappa shape index (κ1) is 10.3. The van der Waals surface area contributed by atoms with Crippen LogP contribution in [0.2, 0.25) is 0 Å². The van der Waals surface area contributed by atoms with Gasteiger partial charge in [0.1, 0.15) is 0 Å². The van der Waals surface area contributed by atoms with E-state index < -0.39 is 0 Å². The van der Waals surface area contributed by atoms with Crippen molar-refractivity contribution >= 4 is 0 Å². The highest BCUT2D eigenvalue weighted by Gasteiger charge is 2.07. The van der Waals surface area contributed by atoms with Crippen molar-refractivity contribution in [1.82, 2.24) is 9.78 Å². The maximum absolute atomic E-state index is 8.92. The SMILES string of the molecule is CCc1cc(CC(C)CO)n(C)n1. The summed E-state index contributed by atoms with van der Waals surface area (Å²) >= 11 is 0. The molecule has 1 N–H and O–H groups in total. The molecule has 1 heterocycles. The van der Waals surface area contributed by atoms with E-state index in [-0.39, 0.29) is 6.61 Å². The molecule has 1 rings (SSSR count). The van der Waals surface area contributed by atoms with Crippen LogP contribution in [0.5, 0.6) is 0 Å². The van der Waals surface area contributed by atoms with E-state index >= 15 is 0 Å². The van der Waals surface area contributed by atoms with Crippen LogP contribution in [0.25, 0.3) is 0 Å². The average molecular weight is 182 g/mol. The van der Waals surface area contributed by atoms with Crippen molar-refractivity contribution in [3.63, 3.8) is 0 Å². The molecule has 0 fully saturated rings. The summed E-state index contributed by atoms with van der Waals surface area (Å²) in [5, 5.41) is 13.3. The molecular formula is C10H18N2O. The Hall–Kier alpha value is -0.830. The first-order valence-electron chi connectivity index (χ1n) is 4.80. The highest BCUT2D eigenvalue weighted by Crippen LogP contribution is 2.09. The third-order valence-corrected chi connectivity index (χ3v) is 2.26. The topological polar surface area (TPSA) is 38.0 Å². The molecule has 0 saturated heterocycles. The minimum Gasteiger partial charge on any atom is -0.396 e. The van der Waals surface area contributed by atoms with Crippen molar-refractivity contribution in [3.05, 3.63) is 17.5 Å². The zero-order valence-corrected chi connectivity index (χ0v) is 8.62. The summed E-state index contributed by atoms with van der Waals surface area (Å²) in [5.74, 6) is 0.320. The predicted molar refractivity (Wildman–Crippen MR) is 52.5 cm³/mol. The number of aliphatic hydroxyl groups is 1. The van der Waals surface area contributed by atoms with Gasteiger partial charge in [-0.05, 0) is 24.8 Å². The van der Waals surface area contributed by atoms with Crippen LogP contribution in [0.4, 0.5) is 0 Å². The second-order valence-electron chi connectivity index (χ2n) is 3.60. The molecule has 0 aliphatic rings. The summed E-state index contributed by atoms with van der Waals surface area (Å²) in [6.45, 7) is 4.38. The van der Waals surface area contributed by atoms with Crippen LogP contribution < -0.4 is 0 Å². The molecule has 1 atom stereocenters. The summed E-state index contributed by atoms with van der Waals surface area (Å²) in [7, 11) is 1.96. The van der Waals surface area contributed by atoms with E-state index in [4.69, 9.17) is 5.11 Å². The molecule has 1 unspecified atom stereocenters. The van der Waals surface area contributed by atoms with E-state index in [0.717, 1.165) is 18.5 Å². The van der Waals surface area contributed by atoms with Crippen LogP contribution in [0.1, 0.15) is 25.2 Å². The van der Waals surface area contributed by atoms with E-state index in [1.807, 2.05) is 18.7 Å². The summed E-state index contributed by atoms with van der Waals surface area (Å²) < 4.78 is 1.91. The van der Waals surface area contributed by atoms with Gasteiger partial charge in [0.15, 0.2) is 0 Å². The van der Waals surface area contributed by atoms with Crippen molar-refractivity contribution in [2.75, 3.05) is 6.61 Å². The summed E-state index contributed by atoms with van der Waals surface area (Å²) in [6.07, 6.45) is 1.88. The molecule has 0 aliphatic heterocycles. The smallest absolute Gasteiger partial charge is 0.0624 e. The number of hydrogen-bond donors (Lipinski definition) is 1. The number of aliphatic hydroxyl groups excluding tert-OH is 1. The van der Waals surface area contributed by atoms with Gasteiger partial charge >= 0.3 is 0 Å². The van der Waals surface area contributed by atoms with Gasteiger partial charge in [0.05, 0.1) is 5.69 Å². The molecular weight excluding hydrogens is 164 g/mol. The van der Waals surface area contributed by atoms with Crippen LogP contribution in [0, 0.1) is 5.92 Å². The fourth-order valence-electron chi connectivity index (χ4n) is 1.36. The van der Waals surface area contributed by atoms with E-state index in [1.54, 1.807) is 0 Å². The number of hydrogen-bond acceptors (Lipinski definition) is 2. The Morgan fingerprint density at radius 1 is 1.62 bits per heavy atom. The second kappa shape index (κ2) is 4.42. The lowest BCUT2D eigenvalue weighted by Gasteiger charge is -2.06. The number of rotatable bonds is 4. The summed E-state index contributed by atoms with van der Waals surface area (Å²) in [4.78, 5) is 0. The van der Waals surface area contributed by atoms with Crippen LogP contribution in [0.3, 0.4) is 0 Å². The van der Waals surface area contributed by atoms with Crippen LogP contribution in [-0.4, -0.2) is 21.5 Å². The van der Waals surface area contributed by atoms with Gasteiger partial charge in [-0.15, -0.1) is 0 Å². The lowest BCUT2D eigenvalue weighted by molar-refractivity contribution is 0.235. The Morgan fingerprint density at radius 3 is 2.77 bits per heavy atom. The zero-order valence-electron chi connectivity index (χ0n) is 8.62. The molecule has 0 bridgehead atoms. The maximum atomic E-state index is 8.92. The molecule has 3 heteroatoms. The van der Waals surface area contributed by atoms with Gasteiger partial charge < -0.3 is 5.11 Å². The van der Waals surface area contributed by atoms with Gasteiger partial charge in [0.25, 0.3) is 0 Å². The maximum Gasteiger partial charge on any atom is 0.0624 e. The van der Waals surface area contributed by atoms with Gasteiger partial charge in [0.2, 0.25) is 0 Å². The molecule has 74 valence electrons. The highest BCUT2D eigenvalue weighted by molar-refractivity contribution is 5.10. The molecule has 0 saturated carbocycles. The predicted octanol–water partition coefficient (Wildman–Crippen LogP) is 1.15. The molecule has 0 aliphatic carbocycles. The van der Waals surface area contributed by atoms with E-state index in [2.05, 4.69) is 18.1 Å². The van der Waals surface area contributed by atoms with Gasteiger partial charge in [-0.1, -0.05) is 13.8 Å². The lowest BCUT2D eigenvalue weighted by Crippen LogP contribution is -2.08. The summed E-state index contributed by atoms with van der Waals surface area (Å²) in [6, 6.07) is 2.12. The van der Waals surface area contributed by atoms with E-state index in [9.17, 15) is 0 Å². The van der Waals surface area contributed by atoms with Gasteiger partial charge in [0, 0.05) is 19.3 Å². The first-order valence-corrected chi connectivity index (χ1v) is 4.80. The van der Waals surface area contributed by atoms with Crippen LogP contribution >= 0.6 is 0 Å². The molecule has 13 heavy (non-hydrogen) atoms. The van der Waals surface area contributed by atoms with Gasteiger partial charge in [-0.2, -0.15) is 5.10 Å². The Morgan fingerprint density at radius 2 is 2.31 bits per heavy atom.